The molecule has 1 heterocycles. The van der Waals surface area contributed by atoms with E-state index in [-0.39, 0.29) is 16.1 Å². The van der Waals surface area contributed by atoms with Gasteiger partial charge in [0.1, 0.15) is 16.4 Å². The van der Waals surface area contributed by atoms with Crippen molar-refractivity contribution in [2.75, 3.05) is 5.32 Å². The highest BCUT2D eigenvalue weighted by molar-refractivity contribution is 9.10. The van der Waals surface area contributed by atoms with E-state index in [0.717, 1.165) is 21.9 Å². The molecule has 2 aromatic carbocycles. The van der Waals surface area contributed by atoms with E-state index in [2.05, 4.69) is 21.2 Å². The fourth-order valence-corrected chi connectivity index (χ4v) is 3.79. The van der Waals surface area contributed by atoms with E-state index in [4.69, 9.17) is 0 Å². The average Bonchev–Trinajstić information content (AvgIpc) is 2.99. The van der Waals surface area contributed by atoms with Crippen molar-refractivity contribution in [1.82, 2.24) is 0 Å². The molecule has 3 aromatic rings. The zero-order chi connectivity index (χ0) is 18.0. The fourth-order valence-electron chi connectivity index (χ4n) is 2.35. The van der Waals surface area contributed by atoms with Gasteiger partial charge in [-0.05, 0) is 29.8 Å². The number of carbonyl (C=O) groups excluding carboxylic acids is 1. The summed E-state index contributed by atoms with van der Waals surface area (Å²) in [5.74, 6) is -2.25. The number of anilines is 1. The van der Waals surface area contributed by atoms with Crippen LogP contribution in [0.1, 0.15) is 20.7 Å². The third-order valence-corrected chi connectivity index (χ3v) is 5.07. The van der Waals surface area contributed by atoms with Gasteiger partial charge in [-0.3, -0.25) is 4.79 Å². The maximum absolute atomic E-state index is 13.3. The van der Waals surface area contributed by atoms with Crippen molar-refractivity contribution in [3.05, 3.63) is 75.3 Å². The molecule has 0 saturated heterocycles. The van der Waals surface area contributed by atoms with Crippen LogP contribution < -0.4 is 5.32 Å². The second-order valence-corrected chi connectivity index (χ2v) is 6.84. The number of hydrogen-bond donors (Lipinski definition) is 2. The minimum Gasteiger partial charge on any atom is -0.478 e. The lowest BCUT2D eigenvalue weighted by Crippen LogP contribution is -2.13. The number of carboxylic acid groups (broad SMARTS) is 1. The quantitative estimate of drug-likeness (QED) is 0.605. The molecule has 0 bridgehead atoms. The van der Waals surface area contributed by atoms with Gasteiger partial charge in [0.05, 0.1) is 0 Å². The third-order valence-electron chi connectivity index (χ3n) is 3.48. The number of carbonyl (C=O) groups is 2. The van der Waals surface area contributed by atoms with Crippen LogP contribution in [-0.2, 0) is 0 Å². The van der Waals surface area contributed by atoms with Crippen molar-refractivity contribution in [3.63, 3.8) is 0 Å². The Kier molecular flexibility index (Phi) is 4.96. The van der Waals surface area contributed by atoms with Gasteiger partial charge in [-0.1, -0.05) is 40.2 Å². The SMILES string of the molecule is O=C(Nc1scc(-c2ccccc2Br)c1C(=O)O)c1cccc(F)c1. The number of halogens is 2. The Bertz CT molecular complexity index is 970. The smallest absolute Gasteiger partial charge is 0.339 e. The largest absolute Gasteiger partial charge is 0.478 e. The van der Waals surface area contributed by atoms with Gasteiger partial charge in [0.25, 0.3) is 5.91 Å². The first-order valence-corrected chi connectivity index (χ1v) is 8.81. The predicted molar refractivity (Wildman–Crippen MR) is 98.8 cm³/mol. The van der Waals surface area contributed by atoms with Gasteiger partial charge in [-0.2, -0.15) is 0 Å². The van der Waals surface area contributed by atoms with Crippen LogP contribution in [0.3, 0.4) is 0 Å². The summed E-state index contributed by atoms with van der Waals surface area (Å²) >= 11 is 4.51. The Labute approximate surface area is 155 Å². The first-order chi connectivity index (χ1) is 12.0. The van der Waals surface area contributed by atoms with Gasteiger partial charge in [-0.25, -0.2) is 9.18 Å². The minimum atomic E-state index is -1.15. The zero-order valence-corrected chi connectivity index (χ0v) is 15.0. The lowest BCUT2D eigenvalue weighted by molar-refractivity contribution is 0.0699. The van der Waals surface area contributed by atoms with Crippen LogP contribution in [0.15, 0.2) is 58.4 Å². The number of aromatic carboxylic acids is 1. The number of benzene rings is 2. The fraction of sp³-hybridized carbons (Fsp3) is 0. The number of carboxylic acids is 1. The standard InChI is InChI=1S/C18H11BrFNO3S/c19-14-7-2-1-6-12(14)13-9-25-17(15(13)18(23)24)21-16(22)10-4-3-5-11(20)8-10/h1-9H,(H,21,22)(H,23,24). The molecule has 3 rings (SSSR count). The van der Waals surface area contributed by atoms with E-state index >= 15 is 0 Å². The summed E-state index contributed by atoms with van der Waals surface area (Å²) in [6.07, 6.45) is 0. The number of nitrogens with one attached hydrogen (secondary N) is 1. The average molecular weight is 420 g/mol. The molecule has 0 fully saturated rings. The summed E-state index contributed by atoms with van der Waals surface area (Å²) in [6, 6.07) is 12.4. The second-order valence-electron chi connectivity index (χ2n) is 5.10. The lowest BCUT2D eigenvalue weighted by atomic mass is 10.0. The topological polar surface area (TPSA) is 66.4 Å². The van der Waals surface area contributed by atoms with E-state index in [1.807, 2.05) is 12.1 Å². The van der Waals surface area contributed by atoms with Crippen LogP contribution in [0.5, 0.6) is 0 Å². The summed E-state index contributed by atoms with van der Waals surface area (Å²) in [6.45, 7) is 0. The summed E-state index contributed by atoms with van der Waals surface area (Å²) < 4.78 is 14.0. The van der Waals surface area contributed by atoms with Gasteiger partial charge in [-0.15, -0.1) is 11.3 Å². The molecule has 4 nitrogen and oxygen atoms in total. The molecule has 0 atom stereocenters. The van der Waals surface area contributed by atoms with E-state index in [1.165, 1.54) is 18.2 Å². The Balaban J connectivity index is 1.99. The molecule has 0 saturated carbocycles. The maximum atomic E-state index is 13.3. The number of hydrogen-bond acceptors (Lipinski definition) is 3. The number of thiophene rings is 1. The molecule has 126 valence electrons. The maximum Gasteiger partial charge on any atom is 0.339 e. The van der Waals surface area contributed by atoms with Crippen molar-refractivity contribution in [2.24, 2.45) is 0 Å². The van der Waals surface area contributed by atoms with Gasteiger partial charge < -0.3 is 10.4 Å². The van der Waals surface area contributed by atoms with Crippen molar-refractivity contribution in [1.29, 1.82) is 0 Å². The van der Waals surface area contributed by atoms with Gasteiger partial charge >= 0.3 is 5.97 Å². The van der Waals surface area contributed by atoms with Crippen LogP contribution in [0.25, 0.3) is 11.1 Å². The second kappa shape index (κ2) is 7.16. The molecule has 0 radical (unpaired) electrons. The Morgan fingerprint density at radius 2 is 1.84 bits per heavy atom. The molecule has 2 N–H and O–H groups in total. The molecule has 7 heteroatoms. The van der Waals surface area contributed by atoms with Crippen molar-refractivity contribution in [3.8, 4) is 11.1 Å². The van der Waals surface area contributed by atoms with E-state index in [1.54, 1.807) is 17.5 Å². The molecule has 0 aliphatic rings. The molecule has 0 aliphatic carbocycles. The molecule has 0 unspecified atom stereocenters. The van der Waals surface area contributed by atoms with E-state index < -0.39 is 17.7 Å². The highest BCUT2D eigenvalue weighted by Gasteiger charge is 2.22. The number of amides is 1. The van der Waals surface area contributed by atoms with Crippen LogP contribution in [0.2, 0.25) is 0 Å². The monoisotopic (exact) mass is 419 g/mol. The molecule has 1 amide bonds. The first kappa shape index (κ1) is 17.3. The highest BCUT2D eigenvalue weighted by atomic mass is 79.9. The Morgan fingerprint density at radius 1 is 1.08 bits per heavy atom. The van der Waals surface area contributed by atoms with Crippen molar-refractivity contribution >= 4 is 44.1 Å². The van der Waals surface area contributed by atoms with E-state index in [0.29, 0.717) is 11.1 Å². The van der Waals surface area contributed by atoms with Gasteiger partial charge in [0, 0.05) is 21.0 Å². The molecular formula is C18H11BrFNO3S. The summed E-state index contributed by atoms with van der Waals surface area (Å²) in [7, 11) is 0. The lowest BCUT2D eigenvalue weighted by Gasteiger charge is -2.07. The van der Waals surface area contributed by atoms with Gasteiger partial charge in [0.15, 0.2) is 0 Å². The molecule has 0 aliphatic heterocycles. The third kappa shape index (κ3) is 3.62. The highest BCUT2D eigenvalue weighted by Crippen LogP contribution is 2.38. The van der Waals surface area contributed by atoms with Crippen LogP contribution >= 0.6 is 27.3 Å². The van der Waals surface area contributed by atoms with Crippen molar-refractivity contribution < 1.29 is 19.1 Å². The Hall–Kier alpha value is -2.51. The molecule has 1 aromatic heterocycles. The van der Waals surface area contributed by atoms with E-state index in [9.17, 15) is 19.1 Å². The number of rotatable bonds is 4. The van der Waals surface area contributed by atoms with Crippen LogP contribution in [0, 0.1) is 5.82 Å². The molecule has 0 spiro atoms. The van der Waals surface area contributed by atoms with Crippen LogP contribution in [-0.4, -0.2) is 17.0 Å². The first-order valence-electron chi connectivity index (χ1n) is 7.14. The summed E-state index contributed by atoms with van der Waals surface area (Å²) in [4.78, 5) is 24.0. The summed E-state index contributed by atoms with van der Waals surface area (Å²) in [5.41, 5.74) is 1.33. The minimum absolute atomic E-state index is 0.00153. The van der Waals surface area contributed by atoms with Crippen LogP contribution in [0.4, 0.5) is 9.39 Å². The zero-order valence-electron chi connectivity index (χ0n) is 12.6. The summed E-state index contributed by atoms with van der Waals surface area (Å²) in [5, 5.41) is 14.0. The predicted octanol–water partition coefficient (Wildman–Crippen LogP) is 5.27. The Morgan fingerprint density at radius 3 is 2.52 bits per heavy atom. The molecule has 25 heavy (non-hydrogen) atoms. The van der Waals surface area contributed by atoms with Crippen molar-refractivity contribution in [2.45, 2.75) is 0 Å². The van der Waals surface area contributed by atoms with Gasteiger partial charge in [0.2, 0.25) is 0 Å². The molecular weight excluding hydrogens is 409 g/mol. The normalized spacial score (nSPS) is 10.5.